The Morgan fingerprint density at radius 2 is 1.56 bits per heavy atom. The topological polar surface area (TPSA) is 61.8 Å². The molecule has 0 bridgehead atoms. The number of hydrogen-bond acceptors (Lipinski definition) is 4. The number of amides is 1. The Morgan fingerprint density at radius 3 is 2.16 bits per heavy atom. The number of rotatable bonds is 8. The van der Waals surface area contributed by atoms with Crippen molar-refractivity contribution in [2.45, 2.75) is 13.8 Å². The summed E-state index contributed by atoms with van der Waals surface area (Å²) in [5.74, 6) is -0.477. The third kappa shape index (κ3) is 5.65. The van der Waals surface area contributed by atoms with Crippen molar-refractivity contribution in [1.82, 2.24) is 10.3 Å². The Kier molecular flexibility index (Phi) is 7.04. The van der Waals surface area contributed by atoms with E-state index in [9.17, 15) is 9.59 Å². The van der Waals surface area contributed by atoms with E-state index in [0.717, 1.165) is 30.4 Å². The smallest absolute Gasteiger partial charge is 0.254 e. The number of hydrazone groups is 1. The lowest BCUT2D eigenvalue weighted by Crippen LogP contribution is -2.35. The average Bonchev–Trinajstić information content (AvgIpc) is 2.66. The van der Waals surface area contributed by atoms with Gasteiger partial charge in [-0.25, -0.2) is 5.43 Å². The molecular weight excluding hydrogens is 314 g/mol. The highest BCUT2D eigenvalue weighted by atomic mass is 16.2. The molecule has 0 unspecified atom stereocenters. The summed E-state index contributed by atoms with van der Waals surface area (Å²) in [6.45, 7) is 5.83. The lowest BCUT2D eigenvalue weighted by atomic mass is 10.0. The van der Waals surface area contributed by atoms with E-state index in [-0.39, 0.29) is 18.2 Å². The minimum atomic E-state index is -0.247. The number of likely N-dealkylation sites (N-methyl/N-ethyl adjacent to an activating group) is 1. The van der Waals surface area contributed by atoms with Crippen LogP contribution in [0, 0.1) is 0 Å². The molecule has 0 aliphatic heterocycles. The molecule has 25 heavy (non-hydrogen) atoms. The molecule has 2 rings (SSSR count). The quantitative estimate of drug-likeness (QED) is 0.458. The first kappa shape index (κ1) is 18.5. The number of Topliss-reactive ketones (excluding diaryl/α,β-unsaturated/α-hetero) is 1. The highest BCUT2D eigenvalue weighted by molar-refractivity contribution is 6.35. The zero-order valence-corrected chi connectivity index (χ0v) is 14.6. The van der Waals surface area contributed by atoms with Gasteiger partial charge in [-0.15, -0.1) is 0 Å². The van der Waals surface area contributed by atoms with Crippen LogP contribution in [0.4, 0.5) is 0 Å². The Bertz CT molecular complexity index is 720. The molecule has 0 aliphatic carbocycles. The molecule has 5 heteroatoms. The second-order valence-electron chi connectivity index (χ2n) is 5.56. The lowest BCUT2D eigenvalue weighted by Gasteiger charge is -2.15. The van der Waals surface area contributed by atoms with E-state index in [2.05, 4.69) is 10.5 Å². The Hall–Kier alpha value is -2.79. The van der Waals surface area contributed by atoms with Gasteiger partial charge in [0.1, 0.15) is 0 Å². The highest BCUT2D eigenvalue weighted by Crippen LogP contribution is 2.19. The van der Waals surface area contributed by atoms with Gasteiger partial charge >= 0.3 is 0 Å². The SMILES string of the molecule is CCN(CC)CC(=O)NN=CC(=O)c1ccc(-c2ccccc2)cc1. The molecule has 1 N–H and O–H groups in total. The molecule has 0 fully saturated rings. The molecule has 0 saturated carbocycles. The fourth-order valence-electron chi connectivity index (χ4n) is 2.38. The molecule has 0 radical (unpaired) electrons. The molecule has 0 spiro atoms. The molecule has 0 aliphatic rings. The second-order valence-corrected chi connectivity index (χ2v) is 5.56. The highest BCUT2D eigenvalue weighted by Gasteiger charge is 2.07. The Morgan fingerprint density at radius 1 is 0.960 bits per heavy atom. The van der Waals surface area contributed by atoms with Gasteiger partial charge in [0, 0.05) is 5.56 Å². The Labute approximate surface area is 148 Å². The first-order valence-corrected chi connectivity index (χ1v) is 8.38. The second kappa shape index (κ2) is 9.49. The molecule has 5 nitrogen and oxygen atoms in total. The number of hydrogen-bond donors (Lipinski definition) is 1. The van der Waals surface area contributed by atoms with Crippen molar-refractivity contribution < 1.29 is 9.59 Å². The maximum atomic E-state index is 12.1. The number of carbonyl (C=O) groups is 2. The van der Waals surface area contributed by atoms with Crippen molar-refractivity contribution in [2.75, 3.05) is 19.6 Å². The van der Waals surface area contributed by atoms with E-state index in [1.165, 1.54) is 0 Å². The number of benzene rings is 2. The van der Waals surface area contributed by atoms with Crippen molar-refractivity contribution in [3.8, 4) is 11.1 Å². The van der Waals surface area contributed by atoms with Crippen LogP contribution in [0.1, 0.15) is 24.2 Å². The largest absolute Gasteiger partial charge is 0.295 e. The van der Waals surface area contributed by atoms with Crippen molar-refractivity contribution in [1.29, 1.82) is 0 Å². The number of nitrogens with zero attached hydrogens (tertiary/aromatic N) is 2. The minimum absolute atomic E-state index is 0.229. The third-order valence-corrected chi connectivity index (χ3v) is 3.91. The van der Waals surface area contributed by atoms with Crippen LogP contribution in [-0.2, 0) is 4.79 Å². The van der Waals surface area contributed by atoms with E-state index in [4.69, 9.17) is 0 Å². The fourth-order valence-corrected chi connectivity index (χ4v) is 2.38. The van der Waals surface area contributed by atoms with Crippen molar-refractivity contribution in [3.05, 3.63) is 60.2 Å². The zero-order valence-electron chi connectivity index (χ0n) is 14.6. The van der Waals surface area contributed by atoms with Gasteiger partial charge in [-0.2, -0.15) is 5.10 Å². The Balaban J connectivity index is 1.91. The normalized spacial score (nSPS) is 11.0. The predicted molar refractivity (Wildman–Crippen MR) is 101 cm³/mol. The van der Waals surface area contributed by atoms with Crippen LogP contribution in [0.25, 0.3) is 11.1 Å². The van der Waals surface area contributed by atoms with E-state index in [1.807, 2.05) is 61.2 Å². The van der Waals surface area contributed by atoms with E-state index in [1.54, 1.807) is 12.1 Å². The molecular formula is C20H23N3O2. The summed E-state index contributed by atoms with van der Waals surface area (Å²) in [6, 6.07) is 17.3. The van der Waals surface area contributed by atoms with E-state index < -0.39 is 0 Å². The number of carbonyl (C=O) groups excluding carboxylic acids is 2. The number of ketones is 1. The van der Waals surface area contributed by atoms with Gasteiger partial charge in [0.2, 0.25) is 5.78 Å². The van der Waals surface area contributed by atoms with Crippen LogP contribution in [0.15, 0.2) is 59.7 Å². The van der Waals surface area contributed by atoms with Gasteiger partial charge in [0.05, 0.1) is 12.8 Å². The lowest BCUT2D eigenvalue weighted by molar-refractivity contribution is -0.122. The molecule has 1 amide bonds. The van der Waals surface area contributed by atoms with E-state index in [0.29, 0.717) is 5.56 Å². The summed E-state index contributed by atoms with van der Waals surface area (Å²) in [7, 11) is 0. The minimum Gasteiger partial charge on any atom is -0.295 e. The monoisotopic (exact) mass is 337 g/mol. The van der Waals surface area contributed by atoms with Crippen molar-refractivity contribution in [3.63, 3.8) is 0 Å². The standard InChI is InChI=1S/C20H23N3O2/c1-3-23(4-2)15-20(25)22-21-14-19(24)18-12-10-17(11-13-18)16-8-6-5-7-9-16/h5-14H,3-4,15H2,1-2H3,(H,22,25). The average molecular weight is 337 g/mol. The summed E-state index contributed by atoms with van der Waals surface area (Å²) in [5, 5.41) is 3.75. The van der Waals surface area contributed by atoms with Gasteiger partial charge in [0.25, 0.3) is 5.91 Å². The van der Waals surface area contributed by atoms with Crippen LogP contribution < -0.4 is 5.43 Å². The van der Waals surface area contributed by atoms with Gasteiger partial charge < -0.3 is 0 Å². The fraction of sp³-hybridized carbons (Fsp3) is 0.250. The van der Waals surface area contributed by atoms with Gasteiger partial charge in [-0.3, -0.25) is 14.5 Å². The maximum absolute atomic E-state index is 12.1. The summed E-state index contributed by atoms with van der Waals surface area (Å²) in [5.41, 5.74) is 5.06. The predicted octanol–water partition coefficient (Wildman–Crippen LogP) is 2.98. The number of nitrogens with one attached hydrogen (secondary N) is 1. The molecule has 2 aromatic rings. The van der Waals surface area contributed by atoms with Crippen LogP contribution in [0.3, 0.4) is 0 Å². The molecule has 0 heterocycles. The summed E-state index contributed by atoms with van der Waals surface area (Å²) < 4.78 is 0. The van der Waals surface area contributed by atoms with Crippen LogP contribution in [-0.4, -0.2) is 42.4 Å². The van der Waals surface area contributed by atoms with Gasteiger partial charge in [-0.1, -0.05) is 68.4 Å². The van der Waals surface area contributed by atoms with Gasteiger partial charge in [0.15, 0.2) is 0 Å². The molecule has 0 atom stereocenters. The molecule has 130 valence electrons. The summed E-state index contributed by atoms with van der Waals surface area (Å²) in [6.07, 6.45) is 1.14. The zero-order chi connectivity index (χ0) is 18.1. The molecule has 2 aromatic carbocycles. The van der Waals surface area contributed by atoms with Crippen LogP contribution >= 0.6 is 0 Å². The third-order valence-electron chi connectivity index (χ3n) is 3.91. The first-order chi connectivity index (χ1) is 12.1. The summed E-state index contributed by atoms with van der Waals surface area (Å²) >= 11 is 0. The van der Waals surface area contributed by atoms with Crippen LogP contribution in [0.5, 0.6) is 0 Å². The van der Waals surface area contributed by atoms with Gasteiger partial charge in [-0.05, 0) is 24.2 Å². The summed E-state index contributed by atoms with van der Waals surface area (Å²) in [4.78, 5) is 25.8. The first-order valence-electron chi connectivity index (χ1n) is 8.38. The van der Waals surface area contributed by atoms with Crippen LogP contribution in [0.2, 0.25) is 0 Å². The van der Waals surface area contributed by atoms with Crippen molar-refractivity contribution >= 4 is 17.9 Å². The molecule has 0 aromatic heterocycles. The van der Waals surface area contributed by atoms with Crippen molar-refractivity contribution in [2.24, 2.45) is 5.10 Å². The molecule has 0 saturated heterocycles. The maximum Gasteiger partial charge on any atom is 0.254 e. The van der Waals surface area contributed by atoms with E-state index >= 15 is 0 Å².